The summed E-state index contributed by atoms with van der Waals surface area (Å²) in [5.41, 5.74) is 1.17. The number of methoxy groups -OCH3 is 2. The Labute approximate surface area is 239 Å². The summed E-state index contributed by atoms with van der Waals surface area (Å²) in [5.74, 6) is -2.80. The lowest BCUT2D eigenvalue weighted by Crippen LogP contribution is -2.31. The lowest BCUT2D eigenvalue weighted by Gasteiger charge is -2.23. The molecule has 1 aromatic heterocycles. The highest BCUT2D eigenvalue weighted by Gasteiger charge is 2.32. The van der Waals surface area contributed by atoms with Gasteiger partial charge in [-0.3, -0.25) is 0 Å². The maximum absolute atomic E-state index is 15.4. The Hall–Kier alpha value is -4.30. The Balaban J connectivity index is 1.70. The van der Waals surface area contributed by atoms with Gasteiger partial charge in [0.1, 0.15) is 34.3 Å². The molecule has 216 valence electrons. The first kappa shape index (κ1) is 29.7. The van der Waals surface area contributed by atoms with Gasteiger partial charge in [0.2, 0.25) is 5.13 Å². The number of anilines is 1. The number of rotatable bonds is 11. The van der Waals surface area contributed by atoms with Gasteiger partial charge in [-0.15, -0.1) is 0 Å². The molecule has 0 aliphatic heterocycles. The van der Waals surface area contributed by atoms with Gasteiger partial charge in [-0.05, 0) is 49.7 Å². The lowest BCUT2D eigenvalue weighted by molar-refractivity contribution is 0.0526. The first-order valence-electron chi connectivity index (χ1n) is 12.0. The number of esters is 1. The van der Waals surface area contributed by atoms with Crippen LogP contribution in [0.15, 0.2) is 59.8 Å². The third-order valence-electron chi connectivity index (χ3n) is 5.72. The summed E-state index contributed by atoms with van der Waals surface area (Å²) in [6.07, 6.45) is 1.15. The fraction of sp³-hybridized carbons (Fsp3) is 0.222. The summed E-state index contributed by atoms with van der Waals surface area (Å²) < 4.78 is 83.8. The smallest absolute Gasteiger partial charge is 0.338 e. The topological polar surface area (TPSA) is 117 Å². The van der Waals surface area contributed by atoms with E-state index in [2.05, 4.69) is 9.36 Å². The van der Waals surface area contributed by atoms with Crippen molar-refractivity contribution in [2.75, 3.05) is 25.1 Å². The van der Waals surface area contributed by atoms with E-state index >= 15 is 8.78 Å². The van der Waals surface area contributed by atoms with E-state index in [1.54, 1.807) is 38.1 Å². The maximum Gasteiger partial charge on any atom is 0.338 e. The van der Waals surface area contributed by atoms with E-state index in [1.165, 1.54) is 26.4 Å². The van der Waals surface area contributed by atoms with E-state index in [0.717, 1.165) is 22.2 Å². The predicted octanol–water partition coefficient (Wildman–Crippen LogP) is 5.51. The van der Waals surface area contributed by atoms with Crippen molar-refractivity contribution in [1.82, 2.24) is 9.36 Å². The molecular weight excluding hydrogens is 580 g/mol. The second kappa shape index (κ2) is 12.5. The van der Waals surface area contributed by atoms with E-state index in [0.29, 0.717) is 34.8 Å². The van der Waals surface area contributed by atoms with Crippen LogP contribution in [-0.2, 0) is 21.3 Å². The average Bonchev–Trinajstić information content (AvgIpc) is 3.47. The van der Waals surface area contributed by atoms with Crippen LogP contribution in [0.1, 0.15) is 28.4 Å². The second-order valence-corrected chi connectivity index (χ2v) is 11.1. The molecule has 1 heterocycles. The molecular formula is C27H25F2N3O7S2. The Morgan fingerprint density at radius 3 is 2.41 bits per heavy atom. The van der Waals surface area contributed by atoms with E-state index in [9.17, 15) is 13.2 Å². The summed E-state index contributed by atoms with van der Waals surface area (Å²) in [6, 6.07) is 10.3. The Bertz CT molecular complexity index is 1670. The molecule has 0 fully saturated rings. The van der Waals surface area contributed by atoms with Gasteiger partial charge in [0, 0.05) is 35.3 Å². The van der Waals surface area contributed by atoms with Crippen molar-refractivity contribution in [3.8, 4) is 23.0 Å². The molecule has 4 rings (SSSR count). The average molecular weight is 606 g/mol. The number of ether oxygens (including phenoxy) is 4. The summed E-state index contributed by atoms with van der Waals surface area (Å²) >= 11 is 0.758. The first-order chi connectivity index (χ1) is 19.6. The summed E-state index contributed by atoms with van der Waals surface area (Å²) in [7, 11) is -1.84. The molecule has 0 unspecified atom stereocenters. The fourth-order valence-corrected chi connectivity index (χ4v) is 6.03. The molecule has 0 atom stereocenters. The van der Waals surface area contributed by atoms with Gasteiger partial charge in [-0.2, -0.15) is 4.37 Å². The molecule has 0 bridgehead atoms. The predicted molar refractivity (Wildman–Crippen MR) is 146 cm³/mol. The monoisotopic (exact) mass is 605 g/mol. The highest BCUT2D eigenvalue weighted by Crippen LogP contribution is 2.35. The second-order valence-electron chi connectivity index (χ2n) is 8.48. The molecule has 4 aromatic rings. The van der Waals surface area contributed by atoms with Crippen molar-refractivity contribution in [3.63, 3.8) is 0 Å². The van der Waals surface area contributed by atoms with Gasteiger partial charge in [0.25, 0.3) is 10.0 Å². The summed E-state index contributed by atoms with van der Waals surface area (Å²) in [4.78, 5) is 15.2. The fourth-order valence-electron chi connectivity index (χ4n) is 3.84. The number of carbonyl (C=O) groups is 1. The van der Waals surface area contributed by atoms with Crippen LogP contribution in [0.2, 0.25) is 0 Å². The van der Waals surface area contributed by atoms with Crippen molar-refractivity contribution in [2.45, 2.75) is 25.3 Å². The van der Waals surface area contributed by atoms with Crippen molar-refractivity contribution in [3.05, 3.63) is 83.2 Å². The van der Waals surface area contributed by atoms with Gasteiger partial charge >= 0.3 is 5.97 Å². The Kier molecular flexibility index (Phi) is 9.03. The number of halogens is 2. The van der Waals surface area contributed by atoms with Crippen molar-refractivity contribution < 1.29 is 40.9 Å². The van der Waals surface area contributed by atoms with Gasteiger partial charge < -0.3 is 18.9 Å². The molecule has 0 amide bonds. The van der Waals surface area contributed by atoms with Crippen LogP contribution in [0.4, 0.5) is 13.9 Å². The van der Waals surface area contributed by atoms with Crippen molar-refractivity contribution in [2.24, 2.45) is 0 Å². The lowest BCUT2D eigenvalue weighted by atomic mass is 10.1. The standard InChI is InChI=1S/C27H25F2N3O7S2/c1-5-38-26(33)18-8-16(2)9-20(10-18)39-24-12-22(29)25(13-21(24)28)41(34,35)32(27-30-15-31-40-27)14-17-6-7-19(36-3)11-23(17)37-4/h6-13,15H,5,14H2,1-4H3. The van der Waals surface area contributed by atoms with Crippen molar-refractivity contribution in [1.29, 1.82) is 0 Å². The molecule has 0 aliphatic carbocycles. The van der Waals surface area contributed by atoms with Gasteiger partial charge in [0.15, 0.2) is 11.6 Å². The molecule has 0 spiro atoms. The van der Waals surface area contributed by atoms with Crippen LogP contribution >= 0.6 is 11.5 Å². The molecule has 41 heavy (non-hydrogen) atoms. The molecule has 14 heteroatoms. The molecule has 0 N–H and O–H groups in total. The normalized spacial score (nSPS) is 11.2. The first-order valence-corrected chi connectivity index (χ1v) is 14.2. The van der Waals surface area contributed by atoms with E-state index in [-0.39, 0.29) is 29.6 Å². The maximum atomic E-state index is 15.4. The zero-order chi connectivity index (χ0) is 29.7. The third-order valence-corrected chi connectivity index (χ3v) is 8.27. The van der Waals surface area contributed by atoms with Gasteiger partial charge in [0.05, 0.1) is 32.9 Å². The van der Waals surface area contributed by atoms with Crippen LogP contribution < -0.4 is 18.5 Å². The number of hydrogen-bond donors (Lipinski definition) is 0. The minimum Gasteiger partial charge on any atom is -0.497 e. The summed E-state index contributed by atoms with van der Waals surface area (Å²) in [6.45, 7) is 3.16. The minimum atomic E-state index is -4.71. The van der Waals surface area contributed by atoms with Crippen LogP contribution in [-0.4, -0.2) is 44.6 Å². The molecule has 0 saturated carbocycles. The van der Waals surface area contributed by atoms with Crippen LogP contribution in [0.25, 0.3) is 0 Å². The van der Waals surface area contributed by atoms with Crippen molar-refractivity contribution >= 4 is 32.7 Å². The molecule has 3 aromatic carbocycles. The number of aromatic nitrogens is 2. The highest BCUT2D eigenvalue weighted by molar-refractivity contribution is 7.93. The Morgan fingerprint density at radius 1 is 0.976 bits per heavy atom. The SMILES string of the molecule is CCOC(=O)c1cc(C)cc(Oc2cc(F)c(S(=O)(=O)N(Cc3ccc(OC)cc3OC)c3ncns3)cc2F)c1. The Morgan fingerprint density at radius 2 is 1.76 bits per heavy atom. The molecule has 10 nitrogen and oxygen atoms in total. The van der Waals surface area contributed by atoms with E-state index in [4.69, 9.17) is 18.9 Å². The molecule has 0 aliphatic rings. The number of aryl methyl sites for hydroxylation is 1. The quantitative estimate of drug-likeness (QED) is 0.204. The van der Waals surface area contributed by atoms with Crippen LogP contribution in [0.3, 0.4) is 0 Å². The van der Waals surface area contributed by atoms with Crippen LogP contribution in [0, 0.1) is 18.6 Å². The number of hydrogen-bond acceptors (Lipinski definition) is 10. The van der Waals surface area contributed by atoms with E-state index in [1.807, 2.05) is 0 Å². The molecule has 0 saturated heterocycles. The third kappa shape index (κ3) is 6.55. The number of benzene rings is 3. The van der Waals surface area contributed by atoms with Gasteiger partial charge in [-0.1, -0.05) is 0 Å². The number of carbonyl (C=O) groups excluding carboxylic acids is 1. The zero-order valence-electron chi connectivity index (χ0n) is 22.4. The zero-order valence-corrected chi connectivity index (χ0v) is 24.0. The summed E-state index contributed by atoms with van der Waals surface area (Å²) in [5, 5.41) is -0.0748. The van der Waals surface area contributed by atoms with Gasteiger partial charge in [-0.25, -0.2) is 31.3 Å². The highest BCUT2D eigenvalue weighted by atomic mass is 32.2. The van der Waals surface area contributed by atoms with Crippen LogP contribution in [0.5, 0.6) is 23.0 Å². The largest absolute Gasteiger partial charge is 0.497 e. The number of nitrogens with zero attached hydrogens (tertiary/aromatic N) is 3. The minimum absolute atomic E-state index is 0.0315. The van der Waals surface area contributed by atoms with E-state index < -0.39 is 38.3 Å². The number of sulfonamides is 1. The molecule has 0 radical (unpaired) electrons.